The van der Waals surface area contributed by atoms with E-state index >= 15 is 0 Å². The van der Waals surface area contributed by atoms with Crippen molar-refractivity contribution in [3.05, 3.63) is 36.5 Å². The Kier molecular flexibility index (Phi) is 52.3. The van der Waals surface area contributed by atoms with Crippen molar-refractivity contribution in [1.29, 1.82) is 0 Å². The van der Waals surface area contributed by atoms with Gasteiger partial charge in [0, 0.05) is 19.3 Å². The molecule has 0 heterocycles. The second-order valence-corrected chi connectivity index (χ2v) is 19.2. The van der Waals surface area contributed by atoms with Gasteiger partial charge in [-0.05, 0) is 77.0 Å². The van der Waals surface area contributed by atoms with E-state index in [9.17, 15) is 14.4 Å². The van der Waals surface area contributed by atoms with Crippen LogP contribution >= 0.6 is 0 Å². The van der Waals surface area contributed by atoms with Gasteiger partial charge in [0.2, 0.25) is 0 Å². The standard InChI is InChI=1S/C59H108O6/c1-4-7-10-13-16-19-22-25-27-28-29-30-32-34-37-40-43-46-49-52-58(61)64-55-56(54-63-57(60)51-48-45-42-39-36-33-24-21-18-15-12-9-6-3)65-59(62)53-50-47-44-41-38-35-31-26-23-20-17-14-11-8-5-2/h17,20-21,24,26,31,56H,4-16,18-19,22-23,25,27-30,32-55H2,1-3H3/b20-17-,24-21-,31-26-. The van der Waals surface area contributed by atoms with Gasteiger partial charge in [0.15, 0.2) is 6.10 Å². The first-order valence-corrected chi connectivity index (χ1v) is 28.5. The molecular formula is C59H108O6. The SMILES string of the molecule is CCCCC/C=C\C/C=C\CCCCCCCC(=O)OC(COC(=O)CCCCCCC/C=C\CCCCCC)COC(=O)CCCCCCCCCCCCCCCCCCCCC. The van der Waals surface area contributed by atoms with E-state index < -0.39 is 6.10 Å². The molecule has 380 valence electrons. The minimum absolute atomic E-state index is 0.0771. The Hall–Kier alpha value is -2.37. The highest BCUT2D eigenvalue weighted by Gasteiger charge is 2.19. The maximum atomic E-state index is 12.8. The smallest absolute Gasteiger partial charge is 0.306 e. The van der Waals surface area contributed by atoms with E-state index in [0.29, 0.717) is 19.3 Å². The summed E-state index contributed by atoms with van der Waals surface area (Å²) >= 11 is 0. The lowest BCUT2D eigenvalue weighted by Gasteiger charge is -2.18. The second-order valence-electron chi connectivity index (χ2n) is 19.2. The van der Waals surface area contributed by atoms with Crippen LogP contribution in [0, 0.1) is 0 Å². The number of hydrogen-bond donors (Lipinski definition) is 0. The van der Waals surface area contributed by atoms with Crippen LogP contribution < -0.4 is 0 Å². The zero-order chi connectivity index (χ0) is 47.2. The summed E-state index contributed by atoms with van der Waals surface area (Å²) in [6, 6.07) is 0. The van der Waals surface area contributed by atoms with E-state index in [4.69, 9.17) is 14.2 Å². The monoisotopic (exact) mass is 913 g/mol. The average molecular weight is 914 g/mol. The van der Waals surface area contributed by atoms with Crippen LogP contribution in [0.25, 0.3) is 0 Å². The molecule has 0 N–H and O–H groups in total. The molecule has 1 atom stereocenters. The number of allylic oxidation sites excluding steroid dienone is 6. The quantitative estimate of drug-likeness (QED) is 0.0262. The minimum Gasteiger partial charge on any atom is -0.462 e. The summed E-state index contributed by atoms with van der Waals surface area (Å²) in [7, 11) is 0. The zero-order valence-corrected chi connectivity index (χ0v) is 43.5. The van der Waals surface area contributed by atoms with Crippen LogP contribution in [0.3, 0.4) is 0 Å². The number of esters is 3. The van der Waals surface area contributed by atoms with Crippen molar-refractivity contribution in [2.75, 3.05) is 13.2 Å². The summed E-state index contributed by atoms with van der Waals surface area (Å²) < 4.78 is 16.8. The van der Waals surface area contributed by atoms with Crippen LogP contribution in [0.5, 0.6) is 0 Å². The summed E-state index contributed by atoms with van der Waals surface area (Å²) in [4.78, 5) is 38.1. The molecule has 0 aliphatic rings. The van der Waals surface area contributed by atoms with Gasteiger partial charge in [0.25, 0.3) is 0 Å². The summed E-state index contributed by atoms with van der Waals surface area (Å²) in [6.45, 7) is 6.62. The average Bonchev–Trinajstić information content (AvgIpc) is 3.30. The Bertz CT molecular complexity index is 1090. The summed E-state index contributed by atoms with van der Waals surface area (Å²) in [5, 5.41) is 0. The van der Waals surface area contributed by atoms with Crippen LogP contribution in [-0.4, -0.2) is 37.2 Å². The van der Waals surface area contributed by atoms with Gasteiger partial charge in [-0.25, -0.2) is 0 Å². The first-order chi connectivity index (χ1) is 32.0. The van der Waals surface area contributed by atoms with Crippen molar-refractivity contribution >= 4 is 17.9 Å². The Balaban J connectivity index is 4.33. The Labute approximate surface area is 404 Å². The molecule has 0 saturated heterocycles. The first kappa shape index (κ1) is 62.6. The molecule has 0 aromatic rings. The number of ether oxygens (including phenoxy) is 3. The van der Waals surface area contributed by atoms with Crippen LogP contribution in [0.1, 0.15) is 303 Å². The molecule has 0 aromatic heterocycles. The second kappa shape index (κ2) is 54.2. The molecule has 0 aliphatic heterocycles. The molecule has 0 amide bonds. The lowest BCUT2D eigenvalue weighted by Crippen LogP contribution is -2.30. The van der Waals surface area contributed by atoms with Gasteiger partial charge in [-0.1, -0.05) is 243 Å². The molecule has 0 fully saturated rings. The van der Waals surface area contributed by atoms with Gasteiger partial charge in [-0.15, -0.1) is 0 Å². The Morgan fingerprint density at radius 2 is 0.554 bits per heavy atom. The number of carbonyl (C=O) groups is 3. The van der Waals surface area contributed by atoms with Gasteiger partial charge in [0.1, 0.15) is 13.2 Å². The van der Waals surface area contributed by atoms with E-state index in [0.717, 1.165) is 89.9 Å². The molecule has 65 heavy (non-hydrogen) atoms. The van der Waals surface area contributed by atoms with Crippen LogP contribution in [-0.2, 0) is 28.6 Å². The fourth-order valence-corrected chi connectivity index (χ4v) is 8.29. The van der Waals surface area contributed by atoms with Gasteiger partial charge in [-0.2, -0.15) is 0 Å². The molecule has 0 aliphatic carbocycles. The third kappa shape index (κ3) is 52.5. The molecule has 0 spiro atoms. The normalized spacial score (nSPS) is 12.2. The molecule has 0 bridgehead atoms. The highest BCUT2D eigenvalue weighted by atomic mass is 16.6. The van der Waals surface area contributed by atoms with Gasteiger partial charge >= 0.3 is 17.9 Å². The third-order valence-electron chi connectivity index (χ3n) is 12.6. The summed E-state index contributed by atoms with van der Waals surface area (Å²) in [5.74, 6) is -0.885. The minimum atomic E-state index is -0.779. The van der Waals surface area contributed by atoms with Crippen molar-refractivity contribution in [2.24, 2.45) is 0 Å². The van der Waals surface area contributed by atoms with E-state index in [1.807, 2.05) is 0 Å². The van der Waals surface area contributed by atoms with Crippen molar-refractivity contribution in [1.82, 2.24) is 0 Å². The van der Waals surface area contributed by atoms with Crippen LogP contribution in [0.2, 0.25) is 0 Å². The maximum Gasteiger partial charge on any atom is 0.306 e. The Morgan fingerprint density at radius 3 is 0.908 bits per heavy atom. The van der Waals surface area contributed by atoms with Gasteiger partial charge in [0.05, 0.1) is 0 Å². The third-order valence-corrected chi connectivity index (χ3v) is 12.6. The van der Waals surface area contributed by atoms with Crippen molar-refractivity contribution in [3.8, 4) is 0 Å². The maximum absolute atomic E-state index is 12.8. The lowest BCUT2D eigenvalue weighted by atomic mass is 10.0. The number of carbonyl (C=O) groups excluding carboxylic acids is 3. The largest absolute Gasteiger partial charge is 0.462 e. The molecule has 6 heteroatoms. The molecule has 0 radical (unpaired) electrons. The van der Waals surface area contributed by atoms with E-state index in [-0.39, 0.29) is 31.1 Å². The number of hydrogen-bond acceptors (Lipinski definition) is 6. The lowest BCUT2D eigenvalue weighted by molar-refractivity contribution is -0.167. The molecule has 1 unspecified atom stereocenters. The zero-order valence-electron chi connectivity index (χ0n) is 43.5. The topological polar surface area (TPSA) is 78.9 Å². The predicted octanol–water partition coefficient (Wildman–Crippen LogP) is 18.9. The van der Waals surface area contributed by atoms with Crippen molar-refractivity contribution in [2.45, 2.75) is 309 Å². The van der Waals surface area contributed by atoms with E-state index in [2.05, 4.69) is 57.2 Å². The highest BCUT2D eigenvalue weighted by Crippen LogP contribution is 2.16. The fourth-order valence-electron chi connectivity index (χ4n) is 8.29. The summed E-state index contributed by atoms with van der Waals surface area (Å²) in [5.41, 5.74) is 0. The molecule has 0 rings (SSSR count). The van der Waals surface area contributed by atoms with Crippen LogP contribution in [0.4, 0.5) is 0 Å². The number of unbranched alkanes of at least 4 members (excludes halogenated alkanes) is 35. The van der Waals surface area contributed by atoms with E-state index in [1.54, 1.807) is 0 Å². The highest BCUT2D eigenvalue weighted by molar-refractivity contribution is 5.71. The molecule has 0 saturated carbocycles. The van der Waals surface area contributed by atoms with Crippen LogP contribution in [0.15, 0.2) is 36.5 Å². The van der Waals surface area contributed by atoms with Crippen molar-refractivity contribution < 1.29 is 28.6 Å². The Morgan fingerprint density at radius 1 is 0.308 bits per heavy atom. The fraction of sp³-hybridized carbons (Fsp3) is 0.847. The molecular weight excluding hydrogens is 805 g/mol. The predicted molar refractivity (Wildman–Crippen MR) is 279 cm³/mol. The van der Waals surface area contributed by atoms with Crippen molar-refractivity contribution in [3.63, 3.8) is 0 Å². The molecule has 6 nitrogen and oxygen atoms in total. The molecule has 0 aromatic carbocycles. The van der Waals surface area contributed by atoms with Gasteiger partial charge < -0.3 is 14.2 Å². The number of rotatable bonds is 52. The van der Waals surface area contributed by atoms with Gasteiger partial charge in [-0.3, -0.25) is 14.4 Å². The first-order valence-electron chi connectivity index (χ1n) is 28.5. The summed E-state index contributed by atoms with van der Waals surface area (Å²) in [6.07, 6.45) is 64.2. The van der Waals surface area contributed by atoms with E-state index in [1.165, 1.54) is 173 Å².